The third-order valence-electron chi connectivity index (χ3n) is 5.17. The summed E-state index contributed by atoms with van der Waals surface area (Å²) < 4.78 is 2.01. The van der Waals surface area contributed by atoms with Crippen molar-refractivity contribution in [3.63, 3.8) is 0 Å². The standard InChI is InChI=1S/C22H23ClN4OS/c1-14-8-9-15(2)19(12-14)27-21(17-6-4-5-7-18(17)23)24-25-22(27)29-13-20(28)26(3)16-10-11-16/h4-9,12,16H,10-11,13H2,1-3H3. The van der Waals surface area contributed by atoms with Gasteiger partial charge in [-0.1, -0.05) is 47.6 Å². The van der Waals surface area contributed by atoms with Crippen molar-refractivity contribution in [1.82, 2.24) is 19.7 Å². The molecule has 1 aromatic heterocycles. The number of aromatic nitrogens is 3. The van der Waals surface area contributed by atoms with Gasteiger partial charge in [0.25, 0.3) is 0 Å². The van der Waals surface area contributed by atoms with E-state index in [4.69, 9.17) is 11.6 Å². The highest BCUT2D eigenvalue weighted by Gasteiger charge is 2.30. The minimum absolute atomic E-state index is 0.118. The minimum Gasteiger partial charge on any atom is -0.342 e. The maximum absolute atomic E-state index is 12.5. The first-order chi connectivity index (χ1) is 14.0. The van der Waals surface area contributed by atoms with Crippen LogP contribution in [0.1, 0.15) is 24.0 Å². The third-order valence-corrected chi connectivity index (χ3v) is 6.41. The van der Waals surface area contributed by atoms with E-state index in [1.54, 1.807) is 0 Å². The average Bonchev–Trinajstić information content (AvgIpc) is 3.48. The molecule has 0 aliphatic heterocycles. The fourth-order valence-corrected chi connectivity index (χ4v) is 4.34. The summed E-state index contributed by atoms with van der Waals surface area (Å²) >= 11 is 7.88. The van der Waals surface area contributed by atoms with E-state index in [-0.39, 0.29) is 5.91 Å². The lowest BCUT2D eigenvalue weighted by atomic mass is 10.1. The summed E-state index contributed by atoms with van der Waals surface area (Å²) in [6.07, 6.45) is 2.20. The maximum atomic E-state index is 12.5. The molecule has 0 unspecified atom stereocenters. The van der Waals surface area contributed by atoms with Crippen LogP contribution in [0, 0.1) is 13.8 Å². The zero-order valence-corrected chi connectivity index (χ0v) is 18.3. The largest absolute Gasteiger partial charge is 0.342 e. The summed E-state index contributed by atoms with van der Waals surface area (Å²) in [6.45, 7) is 4.12. The first-order valence-corrected chi connectivity index (χ1v) is 11.0. The zero-order chi connectivity index (χ0) is 20.5. The molecule has 1 fully saturated rings. The summed E-state index contributed by atoms with van der Waals surface area (Å²) in [5, 5.41) is 10.2. The van der Waals surface area contributed by atoms with Gasteiger partial charge in [0.15, 0.2) is 11.0 Å². The highest BCUT2D eigenvalue weighted by molar-refractivity contribution is 7.99. The van der Waals surface area contributed by atoms with Crippen LogP contribution >= 0.6 is 23.4 Å². The summed E-state index contributed by atoms with van der Waals surface area (Å²) in [4.78, 5) is 14.4. The number of hydrogen-bond donors (Lipinski definition) is 0. The Morgan fingerprint density at radius 1 is 1.21 bits per heavy atom. The van der Waals surface area contributed by atoms with E-state index < -0.39 is 0 Å². The molecule has 5 nitrogen and oxygen atoms in total. The maximum Gasteiger partial charge on any atom is 0.233 e. The SMILES string of the molecule is Cc1ccc(C)c(-n2c(SCC(=O)N(C)C3CC3)nnc2-c2ccccc2Cl)c1. The average molecular weight is 427 g/mol. The number of rotatable bonds is 6. The molecule has 0 atom stereocenters. The van der Waals surface area contributed by atoms with Crippen LogP contribution in [0.15, 0.2) is 47.6 Å². The Bertz CT molecular complexity index is 1060. The van der Waals surface area contributed by atoms with Gasteiger partial charge in [-0.3, -0.25) is 9.36 Å². The van der Waals surface area contributed by atoms with Gasteiger partial charge in [0.05, 0.1) is 16.5 Å². The molecule has 4 rings (SSSR count). The number of thioether (sulfide) groups is 1. The van der Waals surface area contributed by atoms with Gasteiger partial charge in [-0.2, -0.15) is 0 Å². The zero-order valence-electron chi connectivity index (χ0n) is 16.7. The van der Waals surface area contributed by atoms with Crippen molar-refractivity contribution in [1.29, 1.82) is 0 Å². The number of amides is 1. The van der Waals surface area contributed by atoms with E-state index in [2.05, 4.69) is 42.2 Å². The van der Waals surface area contributed by atoms with Crippen LogP contribution in [0.2, 0.25) is 5.02 Å². The highest BCUT2D eigenvalue weighted by atomic mass is 35.5. The van der Waals surface area contributed by atoms with Gasteiger partial charge >= 0.3 is 0 Å². The summed E-state index contributed by atoms with van der Waals surface area (Å²) in [6, 6.07) is 14.3. The molecule has 0 spiro atoms. The van der Waals surface area contributed by atoms with Crippen molar-refractivity contribution >= 4 is 29.3 Å². The second-order valence-electron chi connectivity index (χ2n) is 7.44. The topological polar surface area (TPSA) is 51.0 Å². The Balaban J connectivity index is 1.74. The highest BCUT2D eigenvalue weighted by Crippen LogP contribution is 2.33. The van der Waals surface area contributed by atoms with Crippen LogP contribution < -0.4 is 0 Å². The Hall–Kier alpha value is -2.31. The van der Waals surface area contributed by atoms with Crippen molar-refractivity contribution in [2.45, 2.75) is 37.9 Å². The van der Waals surface area contributed by atoms with Crippen LogP contribution in [0.25, 0.3) is 17.1 Å². The number of aryl methyl sites for hydroxylation is 2. The number of hydrogen-bond acceptors (Lipinski definition) is 4. The number of nitrogens with zero attached hydrogens (tertiary/aromatic N) is 4. The van der Waals surface area contributed by atoms with Crippen molar-refractivity contribution in [2.75, 3.05) is 12.8 Å². The van der Waals surface area contributed by atoms with E-state index in [1.807, 2.05) is 40.8 Å². The molecule has 1 saturated carbocycles. The van der Waals surface area contributed by atoms with Gasteiger partial charge in [-0.25, -0.2) is 0 Å². The van der Waals surface area contributed by atoms with Gasteiger partial charge in [0.1, 0.15) is 0 Å². The van der Waals surface area contributed by atoms with E-state index in [9.17, 15) is 4.79 Å². The van der Waals surface area contributed by atoms with Gasteiger partial charge in [0, 0.05) is 18.7 Å². The van der Waals surface area contributed by atoms with Crippen LogP contribution in [0.5, 0.6) is 0 Å². The van der Waals surface area contributed by atoms with Crippen molar-refractivity contribution < 1.29 is 4.79 Å². The minimum atomic E-state index is 0.118. The molecular formula is C22H23ClN4OS. The molecular weight excluding hydrogens is 404 g/mol. The van der Waals surface area contributed by atoms with Crippen LogP contribution in [-0.2, 0) is 4.79 Å². The van der Waals surface area contributed by atoms with Gasteiger partial charge in [-0.15, -0.1) is 10.2 Å². The Labute approximate surface area is 180 Å². The molecule has 2 aromatic carbocycles. The van der Waals surface area contributed by atoms with Gasteiger partial charge < -0.3 is 4.90 Å². The summed E-state index contributed by atoms with van der Waals surface area (Å²) in [5.74, 6) is 1.13. The molecule has 1 amide bonds. The Morgan fingerprint density at radius 3 is 2.69 bits per heavy atom. The quantitative estimate of drug-likeness (QED) is 0.525. The first kappa shape index (κ1) is 20.0. The first-order valence-electron chi connectivity index (χ1n) is 9.62. The number of carbonyl (C=O) groups is 1. The number of benzene rings is 2. The summed E-state index contributed by atoms with van der Waals surface area (Å²) in [5.41, 5.74) is 4.06. The van der Waals surface area contributed by atoms with Gasteiger partial charge in [-0.05, 0) is 56.0 Å². The molecule has 150 valence electrons. The molecule has 29 heavy (non-hydrogen) atoms. The number of carbonyl (C=O) groups excluding carboxylic acids is 1. The molecule has 0 bridgehead atoms. The molecule has 0 saturated heterocycles. The predicted octanol–water partition coefficient (Wildman–Crippen LogP) is 4.92. The fourth-order valence-electron chi connectivity index (χ4n) is 3.25. The van der Waals surface area contributed by atoms with E-state index in [1.165, 1.54) is 11.8 Å². The van der Waals surface area contributed by atoms with Crippen molar-refractivity contribution in [2.24, 2.45) is 0 Å². The van der Waals surface area contributed by atoms with E-state index >= 15 is 0 Å². The normalized spacial score (nSPS) is 13.5. The Morgan fingerprint density at radius 2 is 1.97 bits per heavy atom. The molecule has 1 heterocycles. The second kappa shape index (κ2) is 8.20. The smallest absolute Gasteiger partial charge is 0.233 e. The lowest BCUT2D eigenvalue weighted by molar-refractivity contribution is -0.127. The van der Waals surface area contributed by atoms with Crippen molar-refractivity contribution in [3.8, 4) is 17.1 Å². The molecule has 0 N–H and O–H groups in total. The number of halogens is 1. The molecule has 1 aliphatic carbocycles. The van der Waals surface area contributed by atoms with Gasteiger partial charge in [0.2, 0.25) is 5.91 Å². The third kappa shape index (κ3) is 4.19. The second-order valence-corrected chi connectivity index (χ2v) is 8.79. The van der Waals surface area contributed by atoms with E-state index in [0.717, 1.165) is 35.2 Å². The monoisotopic (exact) mass is 426 g/mol. The molecule has 7 heteroatoms. The Kier molecular flexibility index (Phi) is 5.65. The van der Waals surface area contributed by atoms with Crippen LogP contribution in [0.4, 0.5) is 0 Å². The van der Waals surface area contributed by atoms with Crippen molar-refractivity contribution in [3.05, 3.63) is 58.6 Å². The molecule has 3 aromatic rings. The predicted molar refractivity (Wildman–Crippen MR) is 118 cm³/mol. The molecule has 1 aliphatic rings. The summed E-state index contributed by atoms with van der Waals surface area (Å²) in [7, 11) is 1.88. The van der Waals surface area contributed by atoms with Crippen LogP contribution in [0.3, 0.4) is 0 Å². The molecule has 0 radical (unpaired) electrons. The van der Waals surface area contributed by atoms with E-state index in [0.29, 0.717) is 27.8 Å². The lowest BCUT2D eigenvalue weighted by Gasteiger charge is -2.17. The fraction of sp³-hybridized carbons (Fsp3) is 0.318. The van der Waals surface area contributed by atoms with Crippen LogP contribution in [-0.4, -0.2) is 44.4 Å². The lowest BCUT2D eigenvalue weighted by Crippen LogP contribution is -2.30.